The van der Waals surface area contributed by atoms with E-state index in [0.717, 1.165) is 5.69 Å². The zero-order valence-electron chi connectivity index (χ0n) is 15.7. The molecule has 0 spiro atoms. The van der Waals surface area contributed by atoms with Crippen LogP contribution in [-0.4, -0.2) is 33.4 Å². The van der Waals surface area contributed by atoms with Gasteiger partial charge in [0, 0.05) is 0 Å². The van der Waals surface area contributed by atoms with Crippen LogP contribution in [0.2, 0.25) is 13.3 Å². The van der Waals surface area contributed by atoms with E-state index >= 15 is 0 Å². The Morgan fingerprint density at radius 1 is 0.833 bits per heavy atom. The second kappa shape index (κ2) is 10.2. The molecule has 0 bridgehead atoms. The molecule has 132 valence electrons. The van der Waals surface area contributed by atoms with Crippen LogP contribution in [-0.2, 0) is 0 Å². The van der Waals surface area contributed by atoms with E-state index in [2.05, 4.69) is 55.3 Å². The van der Waals surface area contributed by atoms with E-state index in [1.165, 1.54) is 51.8 Å². The molecule has 0 amide bonds. The minimum absolute atomic E-state index is 1.12. The van der Waals surface area contributed by atoms with Gasteiger partial charge in [-0.05, 0) is 0 Å². The third-order valence-electron chi connectivity index (χ3n) is 5.19. The molecule has 1 aromatic heterocycles. The van der Waals surface area contributed by atoms with Gasteiger partial charge in [-0.3, -0.25) is 0 Å². The Bertz CT molecular complexity index is 541. The zero-order valence-corrected chi connectivity index (χ0v) is 18.5. The quantitative estimate of drug-likeness (QED) is 0.448. The van der Waals surface area contributed by atoms with Gasteiger partial charge < -0.3 is 0 Å². The third-order valence-corrected chi connectivity index (χ3v) is 20.9. The van der Waals surface area contributed by atoms with Gasteiger partial charge in [-0.15, -0.1) is 0 Å². The molecule has 0 fully saturated rings. The molecule has 24 heavy (non-hydrogen) atoms. The summed E-state index contributed by atoms with van der Waals surface area (Å²) in [5.41, 5.74) is 1.12. The Morgan fingerprint density at radius 3 is 1.79 bits per heavy atom. The predicted molar refractivity (Wildman–Crippen MR) is 106 cm³/mol. The van der Waals surface area contributed by atoms with Crippen LogP contribution < -0.4 is 3.58 Å². The molecule has 1 heterocycles. The van der Waals surface area contributed by atoms with E-state index in [-0.39, 0.29) is 0 Å². The summed E-state index contributed by atoms with van der Waals surface area (Å²) in [6.07, 6.45) is 11.9. The summed E-state index contributed by atoms with van der Waals surface area (Å²) in [5.74, 6) is 0. The first-order valence-electron chi connectivity index (χ1n) is 9.73. The van der Waals surface area contributed by atoms with Gasteiger partial charge in [0.1, 0.15) is 0 Å². The molecule has 0 atom stereocenters. The molecule has 2 aromatic rings. The molecule has 0 saturated carbocycles. The van der Waals surface area contributed by atoms with E-state index in [1.807, 2.05) is 10.9 Å². The van der Waals surface area contributed by atoms with Crippen LogP contribution in [0.5, 0.6) is 0 Å². The Balaban J connectivity index is 2.28. The van der Waals surface area contributed by atoms with Crippen LogP contribution >= 0.6 is 0 Å². The van der Waals surface area contributed by atoms with Gasteiger partial charge in [-0.2, -0.15) is 0 Å². The standard InChI is InChI=1S/C8H6N3.3C4H9.Sn/c1-2-4-8(5-3-1)11-7-6-9-10-11;3*1-3-4-2;/h2-7H;3*1,3-4H2,2H3;. The molecule has 4 heteroatoms. The molecule has 0 aliphatic rings. The summed E-state index contributed by atoms with van der Waals surface area (Å²) >= 11 is -2.28. The molecule has 0 radical (unpaired) electrons. The maximum atomic E-state index is 4.11. The topological polar surface area (TPSA) is 30.7 Å². The average molecular weight is 434 g/mol. The summed E-state index contributed by atoms with van der Waals surface area (Å²) in [4.78, 5) is 0. The van der Waals surface area contributed by atoms with Crippen LogP contribution in [0, 0.1) is 0 Å². The monoisotopic (exact) mass is 435 g/mol. The van der Waals surface area contributed by atoms with E-state index in [4.69, 9.17) is 0 Å². The Hall–Kier alpha value is -0.841. The van der Waals surface area contributed by atoms with Gasteiger partial charge in [0.15, 0.2) is 0 Å². The first-order chi connectivity index (χ1) is 11.8. The predicted octanol–water partition coefficient (Wildman–Crippen LogP) is 5.32. The SMILES string of the molecule is CCC[CH2][Sn]([CH2]CCC)([CH2]CCC)[c]1ccc(-n2ccnn2)cc1. The van der Waals surface area contributed by atoms with Crippen molar-refractivity contribution < 1.29 is 0 Å². The van der Waals surface area contributed by atoms with Gasteiger partial charge in [0.2, 0.25) is 0 Å². The van der Waals surface area contributed by atoms with Gasteiger partial charge in [0.05, 0.1) is 0 Å². The van der Waals surface area contributed by atoms with E-state index < -0.39 is 18.4 Å². The molecule has 0 aliphatic heterocycles. The number of benzene rings is 1. The molecule has 0 unspecified atom stereocenters. The van der Waals surface area contributed by atoms with Gasteiger partial charge >= 0.3 is 152 Å². The van der Waals surface area contributed by atoms with Crippen LogP contribution in [0.1, 0.15) is 59.3 Å². The molecule has 0 saturated heterocycles. The van der Waals surface area contributed by atoms with Crippen LogP contribution in [0.4, 0.5) is 0 Å². The van der Waals surface area contributed by atoms with Crippen molar-refractivity contribution in [2.24, 2.45) is 0 Å². The number of nitrogens with zero attached hydrogens (tertiary/aromatic N) is 3. The van der Waals surface area contributed by atoms with Gasteiger partial charge in [0.25, 0.3) is 0 Å². The summed E-state index contributed by atoms with van der Waals surface area (Å²) in [7, 11) is 0. The van der Waals surface area contributed by atoms with Crippen molar-refractivity contribution in [2.45, 2.75) is 72.6 Å². The molecule has 2 rings (SSSR count). The van der Waals surface area contributed by atoms with Crippen molar-refractivity contribution in [3.05, 3.63) is 36.7 Å². The fourth-order valence-corrected chi connectivity index (χ4v) is 19.6. The molecular weight excluding hydrogens is 401 g/mol. The number of hydrogen-bond donors (Lipinski definition) is 0. The molecule has 3 nitrogen and oxygen atoms in total. The fraction of sp³-hybridized carbons (Fsp3) is 0.600. The molecular formula is C20H33N3Sn. The third kappa shape index (κ3) is 5.08. The summed E-state index contributed by atoms with van der Waals surface area (Å²) in [6.45, 7) is 7.01. The number of aromatic nitrogens is 3. The Kier molecular flexibility index (Phi) is 8.29. The Labute approximate surface area is 151 Å². The normalized spacial score (nSPS) is 11.8. The summed E-state index contributed by atoms with van der Waals surface area (Å²) < 4.78 is 8.14. The van der Waals surface area contributed by atoms with Crippen molar-refractivity contribution >= 4 is 22.0 Å². The summed E-state index contributed by atoms with van der Waals surface area (Å²) in [5, 5.41) is 8.03. The zero-order chi connectivity index (χ0) is 17.3. The van der Waals surface area contributed by atoms with Crippen molar-refractivity contribution in [3.63, 3.8) is 0 Å². The number of unbranched alkanes of at least 4 members (excludes halogenated alkanes) is 3. The van der Waals surface area contributed by atoms with E-state index in [9.17, 15) is 0 Å². The number of rotatable bonds is 11. The van der Waals surface area contributed by atoms with Crippen LogP contribution in [0.3, 0.4) is 0 Å². The molecule has 0 N–H and O–H groups in total. The van der Waals surface area contributed by atoms with E-state index in [0.29, 0.717) is 0 Å². The van der Waals surface area contributed by atoms with Crippen molar-refractivity contribution in [1.29, 1.82) is 0 Å². The second-order valence-corrected chi connectivity index (χ2v) is 20.2. The van der Waals surface area contributed by atoms with Crippen molar-refractivity contribution in [2.75, 3.05) is 0 Å². The minimum atomic E-state index is -2.28. The summed E-state index contributed by atoms with van der Waals surface area (Å²) in [6, 6.07) is 9.35. The van der Waals surface area contributed by atoms with Gasteiger partial charge in [-0.1, -0.05) is 0 Å². The van der Waals surface area contributed by atoms with Crippen molar-refractivity contribution in [3.8, 4) is 5.69 Å². The fourth-order valence-electron chi connectivity index (χ4n) is 3.67. The Morgan fingerprint density at radius 2 is 1.38 bits per heavy atom. The van der Waals surface area contributed by atoms with Crippen LogP contribution in [0.25, 0.3) is 5.69 Å². The average Bonchev–Trinajstić information content (AvgIpc) is 3.16. The van der Waals surface area contributed by atoms with Crippen LogP contribution in [0.15, 0.2) is 36.7 Å². The number of hydrogen-bond acceptors (Lipinski definition) is 2. The van der Waals surface area contributed by atoms with Gasteiger partial charge in [-0.25, -0.2) is 0 Å². The molecule has 1 aromatic carbocycles. The molecule has 0 aliphatic carbocycles. The maximum absolute atomic E-state index is 4.11. The van der Waals surface area contributed by atoms with E-state index in [1.54, 1.807) is 9.78 Å². The van der Waals surface area contributed by atoms with Crippen molar-refractivity contribution in [1.82, 2.24) is 15.0 Å². The second-order valence-electron chi connectivity index (χ2n) is 6.99. The first-order valence-corrected chi connectivity index (χ1v) is 17.2. The first kappa shape index (κ1) is 19.5.